The van der Waals surface area contributed by atoms with Crippen molar-refractivity contribution >= 4 is 17.3 Å². The van der Waals surface area contributed by atoms with E-state index in [0.717, 1.165) is 22.6 Å². The lowest BCUT2D eigenvalue weighted by Gasteiger charge is -2.08. The van der Waals surface area contributed by atoms with Crippen LogP contribution in [0.25, 0.3) is 11.3 Å². The van der Waals surface area contributed by atoms with E-state index in [9.17, 15) is 4.79 Å². The molecule has 0 radical (unpaired) electrons. The predicted molar refractivity (Wildman–Crippen MR) is 84.2 cm³/mol. The van der Waals surface area contributed by atoms with Crippen LogP contribution in [0.1, 0.15) is 10.4 Å². The monoisotopic (exact) mass is 291 g/mol. The van der Waals surface area contributed by atoms with E-state index in [4.69, 9.17) is 5.11 Å². The molecule has 0 bridgehead atoms. The van der Waals surface area contributed by atoms with Crippen molar-refractivity contribution < 1.29 is 9.90 Å². The molecule has 0 unspecified atom stereocenters. The van der Waals surface area contributed by atoms with Gasteiger partial charge < -0.3 is 10.4 Å². The first kappa shape index (κ1) is 13.8. The zero-order chi connectivity index (χ0) is 15.4. The summed E-state index contributed by atoms with van der Waals surface area (Å²) in [6.45, 7) is 0. The lowest BCUT2D eigenvalue weighted by atomic mass is 10.1. The van der Waals surface area contributed by atoms with Gasteiger partial charge in [0, 0.05) is 29.3 Å². The van der Waals surface area contributed by atoms with Gasteiger partial charge in [-0.15, -0.1) is 0 Å². The molecule has 5 nitrogen and oxygen atoms in total. The SMILES string of the molecule is O=C(O)c1cccc(Nc2ccc(-c3cnccn3)cc2)c1. The fourth-order valence-corrected chi connectivity index (χ4v) is 2.07. The van der Waals surface area contributed by atoms with Crippen molar-refractivity contribution in [2.45, 2.75) is 0 Å². The number of carboxylic acid groups (broad SMARTS) is 1. The Bertz CT molecular complexity index is 787. The molecule has 0 amide bonds. The van der Waals surface area contributed by atoms with E-state index in [0.29, 0.717) is 0 Å². The van der Waals surface area contributed by atoms with Crippen LogP contribution in [-0.2, 0) is 0 Å². The number of hydrogen-bond acceptors (Lipinski definition) is 4. The maximum atomic E-state index is 11.0. The minimum absolute atomic E-state index is 0.251. The molecule has 3 rings (SSSR count). The van der Waals surface area contributed by atoms with Crippen LogP contribution in [-0.4, -0.2) is 21.0 Å². The number of aromatic nitrogens is 2. The molecule has 108 valence electrons. The zero-order valence-corrected chi connectivity index (χ0v) is 11.6. The quantitative estimate of drug-likeness (QED) is 0.768. The van der Waals surface area contributed by atoms with Crippen LogP contribution in [0.3, 0.4) is 0 Å². The van der Waals surface area contributed by atoms with Crippen LogP contribution in [0.5, 0.6) is 0 Å². The van der Waals surface area contributed by atoms with Crippen LogP contribution in [0.4, 0.5) is 11.4 Å². The number of hydrogen-bond donors (Lipinski definition) is 2. The average molecular weight is 291 g/mol. The number of rotatable bonds is 4. The number of nitrogens with one attached hydrogen (secondary N) is 1. The van der Waals surface area contributed by atoms with Gasteiger partial charge in [0.1, 0.15) is 0 Å². The number of aromatic carboxylic acids is 1. The van der Waals surface area contributed by atoms with Gasteiger partial charge in [-0.05, 0) is 30.3 Å². The summed E-state index contributed by atoms with van der Waals surface area (Å²) >= 11 is 0. The molecule has 0 saturated heterocycles. The fourth-order valence-electron chi connectivity index (χ4n) is 2.07. The number of nitrogens with zero attached hydrogens (tertiary/aromatic N) is 2. The highest BCUT2D eigenvalue weighted by molar-refractivity contribution is 5.89. The Kier molecular flexibility index (Phi) is 3.78. The molecule has 0 fully saturated rings. The van der Waals surface area contributed by atoms with E-state index >= 15 is 0 Å². The first-order valence-corrected chi connectivity index (χ1v) is 6.69. The second-order valence-corrected chi connectivity index (χ2v) is 4.68. The zero-order valence-electron chi connectivity index (χ0n) is 11.6. The smallest absolute Gasteiger partial charge is 0.335 e. The van der Waals surface area contributed by atoms with Gasteiger partial charge in [0.2, 0.25) is 0 Å². The van der Waals surface area contributed by atoms with Crippen LogP contribution in [0.15, 0.2) is 67.1 Å². The van der Waals surface area contributed by atoms with Gasteiger partial charge >= 0.3 is 5.97 Å². The van der Waals surface area contributed by atoms with Gasteiger partial charge in [0.05, 0.1) is 17.5 Å². The third kappa shape index (κ3) is 3.09. The van der Waals surface area contributed by atoms with E-state index in [1.807, 2.05) is 30.3 Å². The predicted octanol–water partition coefficient (Wildman–Crippen LogP) is 3.59. The Hall–Kier alpha value is -3.21. The minimum atomic E-state index is -0.943. The first-order valence-electron chi connectivity index (χ1n) is 6.69. The second-order valence-electron chi connectivity index (χ2n) is 4.68. The Labute approximate surface area is 127 Å². The Morgan fingerprint density at radius 1 is 1.00 bits per heavy atom. The molecular weight excluding hydrogens is 278 g/mol. The van der Waals surface area contributed by atoms with Crippen LogP contribution >= 0.6 is 0 Å². The normalized spacial score (nSPS) is 10.2. The van der Waals surface area contributed by atoms with Gasteiger partial charge in [-0.1, -0.05) is 18.2 Å². The molecule has 0 aliphatic rings. The number of carboxylic acids is 1. The summed E-state index contributed by atoms with van der Waals surface area (Å²) in [5.41, 5.74) is 3.63. The molecule has 2 aromatic carbocycles. The third-order valence-electron chi connectivity index (χ3n) is 3.14. The summed E-state index contributed by atoms with van der Waals surface area (Å²) in [5.74, 6) is -0.943. The molecule has 0 atom stereocenters. The van der Waals surface area contributed by atoms with Crippen LogP contribution < -0.4 is 5.32 Å². The third-order valence-corrected chi connectivity index (χ3v) is 3.14. The molecular formula is C17H13N3O2. The summed E-state index contributed by atoms with van der Waals surface area (Å²) in [7, 11) is 0. The van der Waals surface area contributed by atoms with E-state index in [1.165, 1.54) is 0 Å². The van der Waals surface area contributed by atoms with Crippen molar-refractivity contribution in [3.05, 3.63) is 72.7 Å². The van der Waals surface area contributed by atoms with Crippen molar-refractivity contribution in [3.63, 3.8) is 0 Å². The molecule has 0 saturated carbocycles. The second kappa shape index (κ2) is 6.05. The maximum absolute atomic E-state index is 11.0. The molecule has 22 heavy (non-hydrogen) atoms. The summed E-state index contributed by atoms with van der Waals surface area (Å²) in [6.07, 6.45) is 4.99. The number of benzene rings is 2. The van der Waals surface area contributed by atoms with E-state index in [1.54, 1.807) is 36.8 Å². The highest BCUT2D eigenvalue weighted by atomic mass is 16.4. The van der Waals surface area contributed by atoms with Gasteiger partial charge in [-0.3, -0.25) is 9.97 Å². The number of carbonyl (C=O) groups is 1. The molecule has 0 aliphatic carbocycles. The number of anilines is 2. The Morgan fingerprint density at radius 3 is 2.50 bits per heavy atom. The molecule has 3 aromatic rings. The van der Waals surface area contributed by atoms with E-state index in [2.05, 4.69) is 15.3 Å². The maximum Gasteiger partial charge on any atom is 0.335 e. The van der Waals surface area contributed by atoms with Crippen molar-refractivity contribution in [2.75, 3.05) is 5.32 Å². The fraction of sp³-hybridized carbons (Fsp3) is 0. The van der Waals surface area contributed by atoms with Gasteiger partial charge in [0.15, 0.2) is 0 Å². The Balaban J connectivity index is 1.79. The molecule has 0 spiro atoms. The first-order chi connectivity index (χ1) is 10.7. The Morgan fingerprint density at radius 2 is 1.82 bits per heavy atom. The van der Waals surface area contributed by atoms with Crippen LogP contribution in [0, 0.1) is 0 Å². The molecule has 0 aliphatic heterocycles. The highest BCUT2D eigenvalue weighted by Gasteiger charge is 2.04. The summed E-state index contributed by atoms with van der Waals surface area (Å²) in [6, 6.07) is 14.4. The molecule has 2 N–H and O–H groups in total. The standard InChI is InChI=1S/C17H13N3O2/c21-17(22)13-2-1-3-15(10-13)20-14-6-4-12(5-7-14)16-11-18-8-9-19-16/h1-11,20H,(H,21,22). The van der Waals surface area contributed by atoms with Crippen molar-refractivity contribution in [3.8, 4) is 11.3 Å². The van der Waals surface area contributed by atoms with Crippen LogP contribution in [0.2, 0.25) is 0 Å². The van der Waals surface area contributed by atoms with E-state index in [-0.39, 0.29) is 5.56 Å². The lowest BCUT2D eigenvalue weighted by molar-refractivity contribution is 0.0697. The van der Waals surface area contributed by atoms with E-state index < -0.39 is 5.97 Å². The molecule has 5 heteroatoms. The van der Waals surface area contributed by atoms with Crippen molar-refractivity contribution in [2.24, 2.45) is 0 Å². The molecule has 1 heterocycles. The van der Waals surface area contributed by atoms with Gasteiger partial charge in [-0.25, -0.2) is 4.79 Å². The van der Waals surface area contributed by atoms with Gasteiger partial charge in [-0.2, -0.15) is 0 Å². The lowest BCUT2D eigenvalue weighted by Crippen LogP contribution is -1.97. The highest BCUT2D eigenvalue weighted by Crippen LogP contribution is 2.22. The van der Waals surface area contributed by atoms with Crippen molar-refractivity contribution in [1.29, 1.82) is 0 Å². The van der Waals surface area contributed by atoms with Crippen molar-refractivity contribution in [1.82, 2.24) is 9.97 Å². The topological polar surface area (TPSA) is 75.1 Å². The summed E-state index contributed by atoms with van der Waals surface area (Å²) in [5, 5.41) is 12.2. The summed E-state index contributed by atoms with van der Waals surface area (Å²) < 4.78 is 0. The molecule has 1 aromatic heterocycles. The largest absolute Gasteiger partial charge is 0.478 e. The summed E-state index contributed by atoms with van der Waals surface area (Å²) in [4.78, 5) is 19.3. The van der Waals surface area contributed by atoms with Gasteiger partial charge in [0.25, 0.3) is 0 Å². The minimum Gasteiger partial charge on any atom is -0.478 e. The average Bonchev–Trinajstić information content (AvgIpc) is 2.56.